The van der Waals surface area contributed by atoms with Crippen LogP contribution < -0.4 is 0 Å². The molecule has 0 saturated heterocycles. The first-order valence-corrected chi connectivity index (χ1v) is 6.77. The van der Waals surface area contributed by atoms with E-state index in [2.05, 4.69) is 9.72 Å². The van der Waals surface area contributed by atoms with Gasteiger partial charge in [0.15, 0.2) is 5.92 Å². The molecule has 0 bridgehead atoms. The SMILES string of the molecule is COC(=O)[C@@](c1c(C)[nH]c2ccccc12)(C(C#N)C#N)C(F)(F)F. The number of carbonyl (C=O) groups is 1. The number of para-hydroxylation sites is 1. The van der Waals surface area contributed by atoms with E-state index in [0.29, 0.717) is 5.52 Å². The van der Waals surface area contributed by atoms with Gasteiger partial charge in [0.05, 0.1) is 19.2 Å². The largest absolute Gasteiger partial charge is 0.468 e. The maximum absolute atomic E-state index is 14.1. The van der Waals surface area contributed by atoms with Crippen molar-refractivity contribution in [2.45, 2.75) is 18.5 Å². The molecule has 1 heterocycles. The van der Waals surface area contributed by atoms with Crippen LogP contribution in [0.15, 0.2) is 24.3 Å². The second kappa shape index (κ2) is 5.89. The number of H-pyrrole nitrogens is 1. The van der Waals surface area contributed by atoms with Gasteiger partial charge < -0.3 is 9.72 Å². The average molecular weight is 335 g/mol. The van der Waals surface area contributed by atoms with Gasteiger partial charge in [-0.1, -0.05) is 18.2 Å². The van der Waals surface area contributed by atoms with E-state index in [9.17, 15) is 18.0 Å². The topological polar surface area (TPSA) is 89.7 Å². The zero-order chi connectivity index (χ0) is 18.1. The van der Waals surface area contributed by atoms with E-state index < -0.39 is 29.0 Å². The number of nitrogens with zero attached hydrogens (tertiary/aromatic N) is 2. The summed E-state index contributed by atoms with van der Waals surface area (Å²) in [6.45, 7) is 1.35. The molecular weight excluding hydrogens is 323 g/mol. The Morgan fingerprint density at radius 3 is 2.33 bits per heavy atom. The van der Waals surface area contributed by atoms with Gasteiger partial charge in [-0.3, -0.25) is 4.79 Å². The molecule has 0 aliphatic rings. The lowest BCUT2D eigenvalue weighted by Gasteiger charge is -2.34. The summed E-state index contributed by atoms with van der Waals surface area (Å²) in [5.74, 6) is -4.00. The minimum Gasteiger partial charge on any atom is -0.468 e. The van der Waals surface area contributed by atoms with Crippen molar-refractivity contribution < 1.29 is 22.7 Å². The molecule has 0 saturated carbocycles. The van der Waals surface area contributed by atoms with Crippen LogP contribution in [0.5, 0.6) is 0 Å². The van der Waals surface area contributed by atoms with Crippen molar-refractivity contribution in [3.05, 3.63) is 35.5 Å². The number of rotatable bonds is 3. The van der Waals surface area contributed by atoms with Crippen LogP contribution in [0.2, 0.25) is 0 Å². The van der Waals surface area contributed by atoms with E-state index in [-0.39, 0.29) is 11.1 Å². The number of hydrogen-bond donors (Lipinski definition) is 1. The molecule has 0 amide bonds. The lowest BCUT2D eigenvalue weighted by Crippen LogP contribution is -2.55. The summed E-state index contributed by atoms with van der Waals surface area (Å²) in [5.41, 5.74) is -3.48. The fraction of sp³-hybridized carbons (Fsp3) is 0.312. The quantitative estimate of drug-likeness (QED) is 0.873. The lowest BCUT2D eigenvalue weighted by molar-refractivity contribution is -0.212. The molecule has 24 heavy (non-hydrogen) atoms. The van der Waals surface area contributed by atoms with Gasteiger partial charge in [-0.05, 0) is 13.0 Å². The zero-order valence-corrected chi connectivity index (χ0v) is 12.7. The molecule has 0 fully saturated rings. The molecule has 1 aromatic heterocycles. The average Bonchev–Trinajstić information content (AvgIpc) is 2.86. The van der Waals surface area contributed by atoms with Gasteiger partial charge in [0.25, 0.3) is 0 Å². The smallest absolute Gasteiger partial charge is 0.411 e. The molecular formula is C16H12F3N3O2. The van der Waals surface area contributed by atoms with Crippen LogP contribution in [0.1, 0.15) is 11.3 Å². The number of ether oxygens (including phenoxy) is 1. The number of nitriles is 2. The van der Waals surface area contributed by atoms with Crippen molar-refractivity contribution in [3.8, 4) is 12.1 Å². The fourth-order valence-electron chi connectivity index (χ4n) is 2.95. The summed E-state index contributed by atoms with van der Waals surface area (Å²) in [7, 11) is 0.790. The Hall–Kier alpha value is -3.00. The van der Waals surface area contributed by atoms with Crippen LogP contribution in [-0.2, 0) is 14.9 Å². The minimum absolute atomic E-state index is 0.0365. The van der Waals surface area contributed by atoms with Gasteiger partial charge in [-0.2, -0.15) is 23.7 Å². The number of carbonyl (C=O) groups excluding carboxylic acids is 1. The normalized spacial score (nSPS) is 14.0. The summed E-state index contributed by atoms with van der Waals surface area (Å²) >= 11 is 0. The Bertz CT molecular complexity index is 859. The van der Waals surface area contributed by atoms with E-state index in [1.165, 1.54) is 37.3 Å². The number of methoxy groups -OCH3 is 1. The molecule has 0 aliphatic carbocycles. The highest BCUT2D eigenvalue weighted by molar-refractivity contribution is 5.95. The van der Waals surface area contributed by atoms with Crippen LogP contribution in [-0.4, -0.2) is 24.2 Å². The van der Waals surface area contributed by atoms with Crippen molar-refractivity contribution in [1.82, 2.24) is 4.98 Å². The molecule has 124 valence electrons. The number of fused-ring (bicyclic) bond motifs is 1. The van der Waals surface area contributed by atoms with Gasteiger partial charge in [0, 0.05) is 22.2 Å². The molecule has 0 radical (unpaired) electrons. The van der Waals surface area contributed by atoms with E-state index in [1.807, 2.05) is 0 Å². The molecule has 0 unspecified atom stereocenters. The Balaban J connectivity index is 3.04. The van der Waals surface area contributed by atoms with Gasteiger partial charge in [0.1, 0.15) is 0 Å². The lowest BCUT2D eigenvalue weighted by atomic mass is 9.69. The van der Waals surface area contributed by atoms with Crippen molar-refractivity contribution in [2.75, 3.05) is 7.11 Å². The van der Waals surface area contributed by atoms with Crippen molar-refractivity contribution in [2.24, 2.45) is 5.92 Å². The Morgan fingerprint density at radius 1 is 1.25 bits per heavy atom. The van der Waals surface area contributed by atoms with E-state index >= 15 is 0 Å². The van der Waals surface area contributed by atoms with Crippen molar-refractivity contribution in [3.63, 3.8) is 0 Å². The third-order valence-corrected chi connectivity index (χ3v) is 3.93. The molecule has 5 nitrogen and oxygen atoms in total. The van der Waals surface area contributed by atoms with Crippen LogP contribution in [0.4, 0.5) is 13.2 Å². The molecule has 0 spiro atoms. The number of benzene rings is 1. The van der Waals surface area contributed by atoms with Gasteiger partial charge in [-0.25, -0.2) is 0 Å². The zero-order valence-electron chi connectivity index (χ0n) is 12.7. The number of hydrogen-bond acceptors (Lipinski definition) is 4. The molecule has 0 aliphatic heterocycles. The highest BCUT2D eigenvalue weighted by Crippen LogP contribution is 2.50. The first kappa shape index (κ1) is 17.4. The van der Waals surface area contributed by atoms with E-state index in [0.717, 1.165) is 7.11 Å². The van der Waals surface area contributed by atoms with Crippen LogP contribution in [0.25, 0.3) is 10.9 Å². The predicted molar refractivity (Wildman–Crippen MR) is 77.5 cm³/mol. The van der Waals surface area contributed by atoms with Crippen molar-refractivity contribution in [1.29, 1.82) is 10.5 Å². The predicted octanol–water partition coefficient (Wildman–Crippen LogP) is 3.11. The first-order chi connectivity index (χ1) is 11.2. The second-order valence-electron chi connectivity index (χ2n) is 5.16. The van der Waals surface area contributed by atoms with Crippen LogP contribution in [0, 0.1) is 35.5 Å². The van der Waals surface area contributed by atoms with Crippen LogP contribution in [0.3, 0.4) is 0 Å². The minimum atomic E-state index is -5.22. The highest BCUT2D eigenvalue weighted by atomic mass is 19.4. The number of halogens is 3. The summed E-state index contributed by atoms with van der Waals surface area (Å²) in [6, 6.07) is 8.65. The maximum Gasteiger partial charge on any atom is 0.411 e. The number of esters is 1. The van der Waals surface area contributed by atoms with E-state index in [1.54, 1.807) is 6.07 Å². The van der Waals surface area contributed by atoms with Gasteiger partial charge in [0.2, 0.25) is 5.41 Å². The first-order valence-electron chi connectivity index (χ1n) is 6.77. The molecule has 1 N–H and O–H groups in total. The van der Waals surface area contributed by atoms with Gasteiger partial charge >= 0.3 is 12.1 Å². The third-order valence-electron chi connectivity index (χ3n) is 3.93. The summed E-state index contributed by atoms with van der Waals surface area (Å²) in [5, 5.41) is 18.4. The van der Waals surface area contributed by atoms with Gasteiger partial charge in [-0.15, -0.1) is 0 Å². The highest BCUT2D eigenvalue weighted by Gasteiger charge is 2.69. The Labute approximate surface area is 135 Å². The van der Waals surface area contributed by atoms with Crippen molar-refractivity contribution >= 4 is 16.9 Å². The maximum atomic E-state index is 14.1. The Kier molecular flexibility index (Phi) is 4.26. The summed E-state index contributed by atoms with van der Waals surface area (Å²) in [6.07, 6.45) is -5.22. The molecule has 2 aromatic rings. The monoisotopic (exact) mass is 335 g/mol. The number of aromatic amines is 1. The number of alkyl halides is 3. The molecule has 8 heteroatoms. The molecule has 1 atom stereocenters. The van der Waals surface area contributed by atoms with E-state index in [4.69, 9.17) is 10.5 Å². The summed E-state index contributed by atoms with van der Waals surface area (Å²) in [4.78, 5) is 15.0. The Morgan fingerprint density at radius 2 is 1.83 bits per heavy atom. The van der Waals surface area contributed by atoms with Crippen LogP contribution >= 0.6 is 0 Å². The fourth-order valence-corrected chi connectivity index (χ4v) is 2.95. The second-order valence-corrected chi connectivity index (χ2v) is 5.16. The number of aryl methyl sites for hydroxylation is 1. The third kappa shape index (κ3) is 2.19. The molecule has 2 rings (SSSR count). The summed E-state index contributed by atoms with van der Waals surface area (Å²) < 4.78 is 46.7. The molecule has 1 aromatic carbocycles. The number of nitrogens with one attached hydrogen (secondary N) is 1. The number of aromatic nitrogens is 1. The standard InChI is InChI=1S/C16H12F3N3O2/c1-9-13(11-5-3-4-6-12(11)22-9)15(14(23)24-2,16(17,18)19)10(7-20)8-21/h3-6,10,22H,1-2H3/t15-/m0/s1.